The fraction of sp³-hybridized carbons (Fsp3) is 0.739. The van der Waals surface area contributed by atoms with Gasteiger partial charge in [-0.1, -0.05) is 50.8 Å². The molecule has 1 saturated carbocycles. The Kier molecular flexibility index (Phi) is 10.1. The molecule has 0 spiro atoms. The number of hydrogen-bond donors (Lipinski definition) is 0. The molecule has 1 aromatic rings. The van der Waals surface area contributed by atoms with Gasteiger partial charge in [0.05, 0.1) is 19.3 Å². The first kappa shape index (κ1) is 21.8. The Bertz CT molecular complexity index is 511. The smallest absolute Gasteiger partial charge is 0.0813 e. The molecule has 0 N–H and O–H groups in total. The molecular formula is C23H39NOS. The molecule has 0 atom stereocenters. The van der Waals surface area contributed by atoms with Crippen molar-refractivity contribution in [3.05, 3.63) is 34.9 Å². The van der Waals surface area contributed by atoms with Gasteiger partial charge in [-0.05, 0) is 81.0 Å². The van der Waals surface area contributed by atoms with E-state index in [0.717, 1.165) is 24.8 Å². The monoisotopic (exact) mass is 377 g/mol. The van der Waals surface area contributed by atoms with Gasteiger partial charge in [0.15, 0.2) is 0 Å². The van der Waals surface area contributed by atoms with Crippen LogP contribution in [0.5, 0.6) is 0 Å². The molecule has 26 heavy (non-hydrogen) atoms. The first-order valence-electron chi connectivity index (χ1n) is 10.6. The summed E-state index contributed by atoms with van der Waals surface area (Å²) >= 11 is 1.43. The second kappa shape index (κ2) is 12.0. The minimum atomic E-state index is 0.800. The van der Waals surface area contributed by atoms with Crippen molar-refractivity contribution < 1.29 is 4.18 Å². The van der Waals surface area contributed by atoms with E-state index in [1.54, 1.807) is 12.7 Å². The second-order valence-corrected chi connectivity index (χ2v) is 9.20. The molecule has 0 radical (unpaired) electrons. The summed E-state index contributed by atoms with van der Waals surface area (Å²) in [5.74, 6) is 1.80. The molecule has 0 aromatic heterocycles. The van der Waals surface area contributed by atoms with E-state index >= 15 is 0 Å². The van der Waals surface area contributed by atoms with Crippen LogP contribution in [0.25, 0.3) is 0 Å². The van der Waals surface area contributed by atoms with E-state index in [-0.39, 0.29) is 0 Å². The van der Waals surface area contributed by atoms with Crippen molar-refractivity contribution in [3.63, 3.8) is 0 Å². The fourth-order valence-electron chi connectivity index (χ4n) is 4.38. The maximum atomic E-state index is 5.09. The predicted octanol–water partition coefficient (Wildman–Crippen LogP) is 6.92. The van der Waals surface area contributed by atoms with Gasteiger partial charge in [-0.3, -0.25) is 0 Å². The normalized spacial score (nSPS) is 20.7. The van der Waals surface area contributed by atoms with Gasteiger partial charge in [-0.2, -0.15) is 0 Å². The summed E-state index contributed by atoms with van der Waals surface area (Å²) < 4.78 is 7.25. The standard InChI is InChI=1S/C23H39NOS/c1-5-6-7-9-20-11-13-22(14-12-20)23-16-15-21(19(2)18-23)10-8-17-24(3)26-25-4/h15-16,18,20,22H,5-14,17H2,1-4H3. The summed E-state index contributed by atoms with van der Waals surface area (Å²) in [6.07, 6.45) is 13.7. The van der Waals surface area contributed by atoms with E-state index in [1.165, 1.54) is 81.1 Å². The van der Waals surface area contributed by atoms with Gasteiger partial charge >= 0.3 is 0 Å². The second-order valence-electron chi connectivity index (χ2n) is 8.10. The van der Waals surface area contributed by atoms with Crippen LogP contribution in [-0.4, -0.2) is 25.0 Å². The Hall–Kier alpha value is -0.510. The van der Waals surface area contributed by atoms with Gasteiger partial charge in [-0.15, -0.1) is 0 Å². The van der Waals surface area contributed by atoms with Gasteiger partial charge in [0.25, 0.3) is 0 Å². The Morgan fingerprint density at radius 1 is 1.12 bits per heavy atom. The van der Waals surface area contributed by atoms with Crippen molar-refractivity contribution in [3.8, 4) is 0 Å². The minimum Gasteiger partial charge on any atom is -0.304 e. The lowest BCUT2D eigenvalue weighted by Gasteiger charge is -2.29. The largest absolute Gasteiger partial charge is 0.304 e. The van der Waals surface area contributed by atoms with Crippen LogP contribution < -0.4 is 0 Å². The third-order valence-electron chi connectivity index (χ3n) is 6.02. The van der Waals surface area contributed by atoms with Crippen LogP contribution in [0.15, 0.2) is 18.2 Å². The highest BCUT2D eigenvalue weighted by Crippen LogP contribution is 2.38. The highest BCUT2D eigenvalue weighted by Gasteiger charge is 2.22. The Morgan fingerprint density at radius 3 is 2.54 bits per heavy atom. The van der Waals surface area contributed by atoms with Gasteiger partial charge in [0.2, 0.25) is 0 Å². The third kappa shape index (κ3) is 7.25. The molecule has 2 rings (SSSR count). The molecule has 1 aliphatic rings. The molecule has 1 fully saturated rings. The number of benzene rings is 1. The predicted molar refractivity (Wildman–Crippen MR) is 116 cm³/mol. The number of aryl methyl sites for hydroxylation is 2. The summed E-state index contributed by atoms with van der Waals surface area (Å²) in [5, 5.41) is 0. The topological polar surface area (TPSA) is 12.5 Å². The molecule has 148 valence electrons. The van der Waals surface area contributed by atoms with E-state index in [0.29, 0.717) is 0 Å². The van der Waals surface area contributed by atoms with Crippen LogP contribution in [0.3, 0.4) is 0 Å². The van der Waals surface area contributed by atoms with Gasteiger partial charge < -0.3 is 4.18 Å². The van der Waals surface area contributed by atoms with Crippen LogP contribution in [-0.2, 0) is 10.6 Å². The van der Waals surface area contributed by atoms with Crippen molar-refractivity contribution >= 4 is 12.2 Å². The van der Waals surface area contributed by atoms with Crippen LogP contribution in [0.4, 0.5) is 0 Å². The SMILES string of the molecule is CCCCCC1CCC(c2ccc(CCCN(C)SOC)c(C)c2)CC1. The maximum Gasteiger partial charge on any atom is 0.0813 e. The zero-order valence-corrected chi connectivity index (χ0v) is 18.2. The Morgan fingerprint density at radius 2 is 1.88 bits per heavy atom. The molecule has 1 aromatic carbocycles. The van der Waals surface area contributed by atoms with Crippen LogP contribution in [0, 0.1) is 12.8 Å². The van der Waals surface area contributed by atoms with Gasteiger partial charge in [0, 0.05) is 6.54 Å². The quantitative estimate of drug-likeness (QED) is 0.236. The average Bonchev–Trinajstić information content (AvgIpc) is 2.64. The summed E-state index contributed by atoms with van der Waals surface area (Å²) in [4.78, 5) is 0. The first-order chi connectivity index (χ1) is 12.6. The molecule has 1 aliphatic carbocycles. The molecule has 2 nitrogen and oxygen atoms in total. The van der Waals surface area contributed by atoms with E-state index in [1.807, 2.05) is 0 Å². The Labute approximate surface area is 166 Å². The minimum absolute atomic E-state index is 0.800. The molecule has 0 bridgehead atoms. The molecule has 0 heterocycles. The molecule has 3 heteroatoms. The lowest BCUT2D eigenvalue weighted by Crippen LogP contribution is -2.14. The molecule has 0 unspecified atom stereocenters. The first-order valence-corrected chi connectivity index (χ1v) is 11.3. The third-order valence-corrected chi connectivity index (χ3v) is 6.61. The van der Waals surface area contributed by atoms with Crippen LogP contribution >= 0.6 is 12.2 Å². The zero-order valence-electron chi connectivity index (χ0n) is 17.4. The number of nitrogens with zero attached hydrogens (tertiary/aromatic N) is 1. The fourth-order valence-corrected chi connectivity index (χ4v) is 4.84. The summed E-state index contributed by atoms with van der Waals surface area (Å²) in [7, 11) is 3.81. The van der Waals surface area contributed by atoms with E-state index in [4.69, 9.17) is 4.18 Å². The lowest BCUT2D eigenvalue weighted by molar-refractivity contribution is 0.302. The van der Waals surface area contributed by atoms with Crippen molar-refractivity contribution in [1.82, 2.24) is 4.31 Å². The van der Waals surface area contributed by atoms with Crippen LogP contribution in [0.2, 0.25) is 0 Å². The Balaban J connectivity index is 1.78. The number of unbranched alkanes of at least 4 members (excludes halogenated alkanes) is 2. The lowest BCUT2D eigenvalue weighted by atomic mass is 9.76. The van der Waals surface area contributed by atoms with E-state index in [2.05, 4.69) is 43.4 Å². The summed E-state index contributed by atoms with van der Waals surface area (Å²) in [6, 6.07) is 7.28. The number of rotatable bonds is 11. The maximum absolute atomic E-state index is 5.09. The van der Waals surface area contributed by atoms with E-state index in [9.17, 15) is 0 Å². The molecule has 0 saturated heterocycles. The summed E-state index contributed by atoms with van der Waals surface area (Å²) in [5.41, 5.74) is 4.58. The highest BCUT2D eigenvalue weighted by atomic mass is 32.2. The van der Waals surface area contributed by atoms with Crippen molar-refractivity contribution in [1.29, 1.82) is 0 Å². The molecule has 0 aliphatic heterocycles. The van der Waals surface area contributed by atoms with Crippen LogP contribution in [0.1, 0.15) is 87.3 Å². The van der Waals surface area contributed by atoms with Gasteiger partial charge in [0.1, 0.15) is 0 Å². The van der Waals surface area contributed by atoms with Crippen molar-refractivity contribution in [2.24, 2.45) is 5.92 Å². The molecule has 0 amide bonds. The zero-order chi connectivity index (χ0) is 18.8. The van der Waals surface area contributed by atoms with Gasteiger partial charge in [-0.25, -0.2) is 4.31 Å². The average molecular weight is 378 g/mol. The van der Waals surface area contributed by atoms with Crippen molar-refractivity contribution in [2.45, 2.75) is 84.0 Å². The summed E-state index contributed by atoms with van der Waals surface area (Å²) in [6.45, 7) is 5.66. The van der Waals surface area contributed by atoms with Crippen molar-refractivity contribution in [2.75, 3.05) is 20.7 Å². The molecular weight excluding hydrogens is 338 g/mol. The van der Waals surface area contributed by atoms with E-state index < -0.39 is 0 Å². The number of hydrogen-bond acceptors (Lipinski definition) is 3. The highest BCUT2D eigenvalue weighted by molar-refractivity contribution is 7.92.